The minimum atomic E-state index is -0.368. The first-order valence-corrected chi connectivity index (χ1v) is 3.49. The first kappa shape index (κ1) is 5.89. The van der Waals surface area contributed by atoms with Crippen LogP contribution >= 0.6 is 0 Å². The summed E-state index contributed by atoms with van der Waals surface area (Å²) in [6.07, 6.45) is 1.53. The van der Waals surface area contributed by atoms with Gasteiger partial charge in [0.1, 0.15) is 0 Å². The van der Waals surface area contributed by atoms with Gasteiger partial charge in [-0.2, -0.15) is 0 Å². The summed E-state index contributed by atoms with van der Waals surface area (Å²) in [6.45, 7) is 0. The summed E-state index contributed by atoms with van der Waals surface area (Å²) >= 11 is 0. The van der Waals surface area contributed by atoms with Crippen LogP contribution in [0.3, 0.4) is 0 Å². The van der Waals surface area contributed by atoms with Gasteiger partial charge in [0, 0.05) is 12.3 Å². The van der Waals surface area contributed by atoms with Crippen LogP contribution in [0.5, 0.6) is 0 Å². The largest absolute Gasteiger partial charge is 0.454 e. The van der Waals surface area contributed by atoms with E-state index in [1.54, 1.807) is 0 Å². The Morgan fingerprint density at radius 1 is 1.40 bits per heavy atom. The third kappa shape index (κ3) is 0.664. The molecule has 0 aromatic rings. The number of esters is 1. The Hall–Kier alpha value is -0.860. The van der Waals surface area contributed by atoms with Crippen LogP contribution in [0.4, 0.5) is 0 Å². The third-order valence-corrected chi connectivity index (χ3v) is 2.19. The van der Waals surface area contributed by atoms with Gasteiger partial charge in [-0.25, -0.2) is 0 Å². The monoisotopic (exact) mass is 140 g/mol. The van der Waals surface area contributed by atoms with Gasteiger partial charge in [-0.15, -0.1) is 0 Å². The fourth-order valence-corrected chi connectivity index (χ4v) is 1.66. The lowest BCUT2D eigenvalue weighted by molar-refractivity contribution is -0.146. The Bertz CT molecular complexity index is 197. The van der Waals surface area contributed by atoms with Crippen molar-refractivity contribution >= 4 is 11.8 Å². The Balaban J connectivity index is 2.19. The zero-order valence-corrected chi connectivity index (χ0v) is 5.50. The van der Waals surface area contributed by atoms with Crippen molar-refractivity contribution in [1.82, 2.24) is 0 Å². The van der Waals surface area contributed by atoms with Crippen molar-refractivity contribution in [3.05, 3.63) is 0 Å². The molecule has 0 spiro atoms. The minimum Gasteiger partial charge on any atom is -0.454 e. The summed E-state index contributed by atoms with van der Waals surface area (Å²) in [5.74, 6) is 0.110. The van der Waals surface area contributed by atoms with Gasteiger partial charge in [-0.1, -0.05) is 0 Å². The van der Waals surface area contributed by atoms with Crippen molar-refractivity contribution in [3.8, 4) is 0 Å². The minimum absolute atomic E-state index is 0.107. The fraction of sp³-hybridized carbons (Fsp3) is 0.714. The lowest BCUT2D eigenvalue weighted by Gasteiger charge is -2.02. The van der Waals surface area contributed by atoms with Crippen LogP contribution in [0.25, 0.3) is 0 Å². The topological polar surface area (TPSA) is 43.4 Å². The second kappa shape index (κ2) is 1.81. The third-order valence-electron chi connectivity index (χ3n) is 2.19. The molecule has 0 aromatic carbocycles. The Kier molecular flexibility index (Phi) is 1.07. The van der Waals surface area contributed by atoms with Gasteiger partial charge in [-0.3, -0.25) is 9.59 Å². The highest BCUT2D eigenvalue weighted by Crippen LogP contribution is 2.33. The van der Waals surface area contributed by atoms with Crippen molar-refractivity contribution in [2.75, 3.05) is 0 Å². The predicted molar refractivity (Wildman–Crippen MR) is 32.2 cm³/mol. The molecule has 2 fully saturated rings. The molecule has 2 atom stereocenters. The number of fused-ring (bicyclic) bond motifs is 1. The molecule has 54 valence electrons. The molecule has 2 aliphatic rings. The van der Waals surface area contributed by atoms with Crippen LogP contribution < -0.4 is 0 Å². The van der Waals surface area contributed by atoms with E-state index >= 15 is 0 Å². The van der Waals surface area contributed by atoms with Crippen molar-refractivity contribution in [1.29, 1.82) is 0 Å². The fourth-order valence-electron chi connectivity index (χ4n) is 1.66. The SMILES string of the molecule is O=C1C[C@@H]2CCC(=O)[C@@H]2O1. The molecule has 1 saturated carbocycles. The lowest BCUT2D eigenvalue weighted by atomic mass is 10.1. The van der Waals surface area contributed by atoms with Crippen LogP contribution in [0.15, 0.2) is 0 Å². The molecule has 1 aliphatic heterocycles. The molecule has 3 heteroatoms. The molecule has 3 nitrogen and oxygen atoms in total. The number of ketones is 1. The van der Waals surface area contributed by atoms with Gasteiger partial charge in [0.05, 0.1) is 6.42 Å². The predicted octanol–water partition coefficient (Wildman–Crippen LogP) is 0.281. The first-order valence-electron chi connectivity index (χ1n) is 3.49. The average molecular weight is 140 g/mol. The molecule has 0 aromatic heterocycles. The second-order valence-corrected chi connectivity index (χ2v) is 2.88. The average Bonchev–Trinajstić information content (AvgIpc) is 2.35. The molecule has 10 heavy (non-hydrogen) atoms. The number of rotatable bonds is 0. The highest BCUT2D eigenvalue weighted by Gasteiger charge is 2.43. The van der Waals surface area contributed by atoms with Crippen LogP contribution in [0.1, 0.15) is 19.3 Å². The van der Waals surface area contributed by atoms with E-state index in [0.29, 0.717) is 12.8 Å². The number of hydrogen-bond acceptors (Lipinski definition) is 3. The number of hydrogen-bond donors (Lipinski definition) is 0. The Morgan fingerprint density at radius 2 is 2.20 bits per heavy atom. The highest BCUT2D eigenvalue weighted by atomic mass is 16.6. The Morgan fingerprint density at radius 3 is 2.90 bits per heavy atom. The van der Waals surface area contributed by atoms with E-state index < -0.39 is 0 Å². The van der Waals surface area contributed by atoms with E-state index in [9.17, 15) is 9.59 Å². The molecule has 2 rings (SSSR count). The maximum absolute atomic E-state index is 10.9. The van der Waals surface area contributed by atoms with E-state index in [1.165, 1.54) is 0 Å². The molecular formula is C7H8O3. The number of ether oxygens (including phenoxy) is 1. The summed E-state index contributed by atoms with van der Waals surface area (Å²) in [6, 6.07) is 0. The number of carbonyl (C=O) groups is 2. The van der Waals surface area contributed by atoms with Crippen molar-refractivity contribution in [2.45, 2.75) is 25.4 Å². The van der Waals surface area contributed by atoms with Crippen LogP contribution in [0.2, 0.25) is 0 Å². The van der Waals surface area contributed by atoms with E-state index in [4.69, 9.17) is 4.74 Å². The van der Waals surface area contributed by atoms with Gasteiger partial charge < -0.3 is 4.74 Å². The molecule has 1 saturated heterocycles. The molecule has 0 radical (unpaired) electrons. The maximum Gasteiger partial charge on any atom is 0.306 e. The van der Waals surface area contributed by atoms with Gasteiger partial charge in [-0.05, 0) is 6.42 Å². The second-order valence-electron chi connectivity index (χ2n) is 2.88. The lowest BCUT2D eigenvalue weighted by Crippen LogP contribution is -2.17. The molecule has 0 N–H and O–H groups in total. The van der Waals surface area contributed by atoms with Crippen molar-refractivity contribution < 1.29 is 14.3 Å². The Labute approximate surface area is 58.4 Å². The smallest absolute Gasteiger partial charge is 0.306 e. The molecule has 1 heterocycles. The number of Topliss-reactive ketones (excluding diaryl/α,β-unsaturated/α-hetero) is 1. The van der Waals surface area contributed by atoms with Gasteiger partial charge in [0.25, 0.3) is 0 Å². The van der Waals surface area contributed by atoms with E-state index in [-0.39, 0.29) is 23.8 Å². The standard InChI is InChI=1S/C7H8O3/c8-5-2-1-4-3-6(9)10-7(4)5/h4,7H,1-3H2/t4-,7+/m0/s1. The first-order chi connectivity index (χ1) is 4.77. The zero-order chi connectivity index (χ0) is 7.14. The van der Waals surface area contributed by atoms with Crippen molar-refractivity contribution in [2.24, 2.45) is 5.92 Å². The van der Waals surface area contributed by atoms with E-state index in [2.05, 4.69) is 0 Å². The van der Waals surface area contributed by atoms with Crippen LogP contribution in [0, 0.1) is 5.92 Å². The molecule has 0 amide bonds. The summed E-state index contributed by atoms with van der Waals surface area (Å²) in [5.41, 5.74) is 0. The van der Waals surface area contributed by atoms with Gasteiger partial charge in [0.2, 0.25) is 0 Å². The molecular weight excluding hydrogens is 132 g/mol. The summed E-state index contributed by atoms with van der Waals surface area (Å²) in [7, 11) is 0. The maximum atomic E-state index is 10.9. The van der Waals surface area contributed by atoms with Gasteiger partial charge >= 0.3 is 5.97 Å². The highest BCUT2D eigenvalue weighted by molar-refractivity contribution is 5.90. The summed E-state index contributed by atoms with van der Waals surface area (Å²) in [5, 5.41) is 0. The summed E-state index contributed by atoms with van der Waals surface area (Å²) < 4.78 is 4.81. The van der Waals surface area contributed by atoms with Crippen molar-refractivity contribution in [3.63, 3.8) is 0 Å². The normalized spacial score (nSPS) is 38.0. The number of carbonyl (C=O) groups excluding carboxylic acids is 2. The molecule has 0 bridgehead atoms. The molecule has 0 unspecified atom stereocenters. The van der Waals surface area contributed by atoms with Crippen LogP contribution in [-0.2, 0) is 14.3 Å². The van der Waals surface area contributed by atoms with Gasteiger partial charge in [0.15, 0.2) is 11.9 Å². The van der Waals surface area contributed by atoms with Crippen LogP contribution in [-0.4, -0.2) is 17.9 Å². The quantitative estimate of drug-likeness (QED) is 0.454. The van der Waals surface area contributed by atoms with E-state index in [0.717, 1.165) is 6.42 Å². The molecule has 1 aliphatic carbocycles. The van der Waals surface area contributed by atoms with E-state index in [1.807, 2.05) is 0 Å². The zero-order valence-electron chi connectivity index (χ0n) is 5.50. The summed E-state index contributed by atoms with van der Waals surface area (Å²) in [4.78, 5) is 21.6.